The number of fused-ring (bicyclic) bond motifs is 3. The first kappa shape index (κ1) is 21.0. The van der Waals surface area contributed by atoms with Gasteiger partial charge in [0.25, 0.3) is 0 Å². The number of carbonyl (C=O) groups is 1. The van der Waals surface area contributed by atoms with Crippen LogP contribution in [0.4, 0.5) is 23.7 Å². The maximum atomic E-state index is 12.6. The van der Waals surface area contributed by atoms with Gasteiger partial charge in [0.1, 0.15) is 5.69 Å². The summed E-state index contributed by atoms with van der Waals surface area (Å²) < 4.78 is 37.7. The molecule has 3 heterocycles. The summed E-state index contributed by atoms with van der Waals surface area (Å²) >= 11 is 6.06. The van der Waals surface area contributed by atoms with Crippen molar-refractivity contribution in [2.24, 2.45) is 0 Å². The SMILES string of the molecule is CC.O=C(Nc1ccc(C(F)(F)F)nc1)N1CCc2c([nH]c3ccc(Cl)cc23)C1. The first-order valence-electron chi connectivity index (χ1n) is 9.19. The van der Waals surface area contributed by atoms with E-state index in [1.165, 1.54) is 6.07 Å². The van der Waals surface area contributed by atoms with Crippen molar-refractivity contribution in [3.63, 3.8) is 0 Å². The van der Waals surface area contributed by atoms with Crippen molar-refractivity contribution in [1.29, 1.82) is 0 Å². The third kappa shape index (κ3) is 4.48. The molecule has 0 atom stereocenters. The van der Waals surface area contributed by atoms with E-state index < -0.39 is 11.9 Å². The van der Waals surface area contributed by atoms with Crippen LogP contribution in [0.25, 0.3) is 10.9 Å². The highest BCUT2D eigenvalue weighted by atomic mass is 35.5. The van der Waals surface area contributed by atoms with Gasteiger partial charge in [-0.05, 0) is 42.3 Å². The number of amides is 2. The number of nitrogens with zero attached hydrogens (tertiary/aromatic N) is 2. The van der Waals surface area contributed by atoms with Gasteiger partial charge in [-0.3, -0.25) is 0 Å². The molecule has 1 aliphatic rings. The Balaban J connectivity index is 0.00000117. The average molecular weight is 425 g/mol. The lowest BCUT2D eigenvalue weighted by atomic mass is 10.0. The Labute approximate surface area is 170 Å². The van der Waals surface area contributed by atoms with E-state index in [0.29, 0.717) is 24.5 Å². The number of aromatic amines is 1. The number of carbonyl (C=O) groups excluding carboxylic acids is 1. The summed E-state index contributed by atoms with van der Waals surface area (Å²) in [5.41, 5.74) is 2.23. The van der Waals surface area contributed by atoms with Crippen LogP contribution >= 0.6 is 11.6 Å². The molecule has 0 saturated carbocycles. The van der Waals surface area contributed by atoms with Gasteiger partial charge in [-0.25, -0.2) is 9.78 Å². The van der Waals surface area contributed by atoms with Crippen LogP contribution < -0.4 is 5.32 Å². The summed E-state index contributed by atoms with van der Waals surface area (Å²) in [6.45, 7) is 4.87. The van der Waals surface area contributed by atoms with Crippen LogP contribution in [-0.4, -0.2) is 27.4 Å². The molecular formula is C20H20ClF3N4O. The highest BCUT2D eigenvalue weighted by Gasteiger charge is 2.32. The third-order valence-corrected chi connectivity index (χ3v) is 4.76. The van der Waals surface area contributed by atoms with Gasteiger partial charge in [0, 0.05) is 28.2 Å². The molecule has 0 spiro atoms. The van der Waals surface area contributed by atoms with E-state index >= 15 is 0 Å². The van der Waals surface area contributed by atoms with E-state index in [-0.39, 0.29) is 11.7 Å². The fourth-order valence-electron chi connectivity index (χ4n) is 3.22. The van der Waals surface area contributed by atoms with Crippen molar-refractivity contribution in [3.8, 4) is 0 Å². The van der Waals surface area contributed by atoms with Crippen LogP contribution in [0, 0.1) is 0 Å². The molecule has 154 valence electrons. The fourth-order valence-corrected chi connectivity index (χ4v) is 3.40. The number of anilines is 1. The van der Waals surface area contributed by atoms with Crippen molar-refractivity contribution >= 4 is 34.2 Å². The van der Waals surface area contributed by atoms with Crippen molar-refractivity contribution in [3.05, 3.63) is 58.5 Å². The lowest BCUT2D eigenvalue weighted by Crippen LogP contribution is -2.38. The normalized spacial score (nSPS) is 13.5. The molecule has 2 aromatic heterocycles. The number of aromatic nitrogens is 2. The minimum absolute atomic E-state index is 0.210. The van der Waals surface area contributed by atoms with E-state index in [9.17, 15) is 18.0 Å². The van der Waals surface area contributed by atoms with Gasteiger partial charge in [-0.15, -0.1) is 0 Å². The molecule has 0 fully saturated rings. The van der Waals surface area contributed by atoms with Crippen molar-refractivity contribution in [1.82, 2.24) is 14.9 Å². The predicted octanol–water partition coefficient (Wildman–Crippen LogP) is 5.85. The highest BCUT2D eigenvalue weighted by molar-refractivity contribution is 6.31. The quantitative estimate of drug-likeness (QED) is 0.514. The zero-order valence-corrected chi connectivity index (χ0v) is 16.7. The molecule has 1 aliphatic heterocycles. The van der Waals surface area contributed by atoms with Crippen molar-refractivity contribution < 1.29 is 18.0 Å². The standard InChI is InChI=1S/C18H14ClF3N4O.C2H6/c19-10-1-3-14-13(7-10)12-5-6-26(9-15(12)25-14)17(27)24-11-2-4-16(23-8-11)18(20,21)22;1-2/h1-4,7-8,25H,5-6,9H2,(H,24,27);1-2H3. The number of pyridine rings is 1. The Hall–Kier alpha value is -2.74. The molecule has 4 rings (SSSR count). The molecule has 29 heavy (non-hydrogen) atoms. The van der Waals surface area contributed by atoms with E-state index in [1.54, 1.807) is 11.0 Å². The van der Waals surface area contributed by atoms with Gasteiger partial charge < -0.3 is 15.2 Å². The number of hydrogen-bond acceptors (Lipinski definition) is 2. The Kier molecular flexibility index (Phi) is 6.02. The molecule has 0 saturated heterocycles. The lowest BCUT2D eigenvalue weighted by Gasteiger charge is -2.27. The van der Waals surface area contributed by atoms with Crippen LogP contribution in [0.3, 0.4) is 0 Å². The summed E-state index contributed by atoms with van der Waals surface area (Å²) in [5, 5.41) is 4.28. The van der Waals surface area contributed by atoms with Gasteiger partial charge in [-0.1, -0.05) is 25.4 Å². The van der Waals surface area contributed by atoms with Crippen LogP contribution in [0.15, 0.2) is 36.5 Å². The Bertz CT molecular complexity index is 1010. The topological polar surface area (TPSA) is 61.0 Å². The molecular weight excluding hydrogens is 405 g/mol. The molecule has 2 amide bonds. The van der Waals surface area contributed by atoms with Gasteiger partial charge >= 0.3 is 12.2 Å². The van der Waals surface area contributed by atoms with E-state index in [4.69, 9.17) is 11.6 Å². The second-order valence-electron chi connectivity index (χ2n) is 6.30. The van der Waals surface area contributed by atoms with Crippen LogP contribution in [0.2, 0.25) is 5.02 Å². The molecule has 2 N–H and O–H groups in total. The molecule has 3 aromatic rings. The minimum atomic E-state index is -4.51. The lowest BCUT2D eigenvalue weighted by molar-refractivity contribution is -0.141. The largest absolute Gasteiger partial charge is 0.433 e. The van der Waals surface area contributed by atoms with Crippen molar-refractivity contribution in [2.75, 3.05) is 11.9 Å². The predicted molar refractivity (Wildman–Crippen MR) is 107 cm³/mol. The number of H-pyrrole nitrogens is 1. The molecule has 0 aliphatic carbocycles. The molecule has 5 nitrogen and oxygen atoms in total. The number of nitrogens with one attached hydrogen (secondary N) is 2. The second-order valence-corrected chi connectivity index (χ2v) is 6.74. The smallest absolute Gasteiger partial charge is 0.357 e. The first-order valence-corrected chi connectivity index (χ1v) is 9.57. The van der Waals surface area contributed by atoms with Crippen LogP contribution in [0.1, 0.15) is 30.8 Å². The number of rotatable bonds is 1. The van der Waals surface area contributed by atoms with E-state index in [2.05, 4.69) is 15.3 Å². The maximum Gasteiger partial charge on any atom is 0.433 e. The van der Waals surface area contributed by atoms with E-state index in [0.717, 1.165) is 34.4 Å². The Morgan fingerprint density at radius 2 is 2.00 bits per heavy atom. The zero-order chi connectivity index (χ0) is 21.2. The summed E-state index contributed by atoms with van der Waals surface area (Å²) in [5.74, 6) is 0. The average Bonchev–Trinajstić information content (AvgIpc) is 3.06. The number of hydrogen-bond donors (Lipinski definition) is 2. The monoisotopic (exact) mass is 424 g/mol. The first-order chi connectivity index (χ1) is 13.8. The molecule has 9 heteroatoms. The maximum absolute atomic E-state index is 12.6. The molecule has 0 radical (unpaired) electrons. The third-order valence-electron chi connectivity index (χ3n) is 4.53. The van der Waals surface area contributed by atoms with Gasteiger partial charge in [0.2, 0.25) is 0 Å². The molecule has 0 unspecified atom stereocenters. The summed E-state index contributed by atoms with van der Waals surface area (Å²) in [6.07, 6.45) is -2.85. The van der Waals surface area contributed by atoms with Gasteiger partial charge in [0.05, 0.1) is 18.4 Å². The number of halogens is 4. The number of urea groups is 1. The van der Waals surface area contributed by atoms with E-state index in [1.807, 2.05) is 26.0 Å². The second kappa shape index (κ2) is 8.32. The molecule has 1 aromatic carbocycles. The number of benzene rings is 1. The Morgan fingerprint density at radius 1 is 1.24 bits per heavy atom. The van der Waals surface area contributed by atoms with Crippen LogP contribution in [0.5, 0.6) is 0 Å². The zero-order valence-electron chi connectivity index (χ0n) is 15.9. The summed E-state index contributed by atoms with van der Waals surface area (Å²) in [4.78, 5) is 20.7. The number of alkyl halides is 3. The van der Waals surface area contributed by atoms with Crippen LogP contribution in [-0.2, 0) is 19.1 Å². The van der Waals surface area contributed by atoms with Crippen molar-refractivity contribution in [2.45, 2.75) is 33.0 Å². The summed E-state index contributed by atoms with van der Waals surface area (Å²) in [7, 11) is 0. The Morgan fingerprint density at radius 3 is 2.66 bits per heavy atom. The fraction of sp³-hybridized carbons (Fsp3) is 0.300. The van der Waals surface area contributed by atoms with Gasteiger partial charge in [0.15, 0.2) is 0 Å². The van der Waals surface area contributed by atoms with Gasteiger partial charge in [-0.2, -0.15) is 13.2 Å². The minimum Gasteiger partial charge on any atom is -0.357 e. The highest BCUT2D eigenvalue weighted by Crippen LogP contribution is 2.30. The summed E-state index contributed by atoms with van der Waals surface area (Å²) in [6, 6.07) is 7.23. The molecule has 0 bridgehead atoms.